The van der Waals surface area contributed by atoms with Gasteiger partial charge < -0.3 is 20.1 Å². The Hall–Kier alpha value is -1.91. The Morgan fingerprint density at radius 2 is 1.41 bits per heavy atom. The molecule has 0 radical (unpaired) electrons. The van der Waals surface area contributed by atoms with E-state index in [1.165, 1.54) is 57.4 Å². The van der Waals surface area contributed by atoms with Crippen molar-refractivity contribution in [3.8, 4) is 17.2 Å². The van der Waals surface area contributed by atoms with E-state index in [2.05, 4.69) is 6.92 Å². The normalized spacial score (nSPS) is 10.9. The fourth-order valence-corrected chi connectivity index (χ4v) is 3.26. The number of phenols is 2. The average Bonchev–Trinajstić information content (AvgIpc) is 2.64. The molecule has 0 aliphatic rings. The minimum atomic E-state index is -1.30. The zero-order valence-electron chi connectivity index (χ0n) is 16.9. The van der Waals surface area contributed by atoms with Gasteiger partial charge in [0, 0.05) is 0 Å². The Labute approximate surface area is 163 Å². The molecule has 0 amide bonds. The van der Waals surface area contributed by atoms with E-state index >= 15 is 0 Å². The van der Waals surface area contributed by atoms with Crippen molar-refractivity contribution in [2.45, 2.75) is 90.9 Å². The van der Waals surface area contributed by atoms with Crippen molar-refractivity contribution in [3.05, 3.63) is 17.2 Å². The summed E-state index contributed by atoms with van der Waals surface area (Å²) >= 11 is 0. The number of hydrogen-bond donors (Lipinski definition) is 3. The van der Waals surface area contributed by atoms with Gasteiger partial charge in [-0.2, -0.15) is 0 Å². The number of unbranched alkanes of at least 4 members (excludes halogenated alkanes) is 10. The van der Waals surface area contributed by atoms with Gasteiger partial charge >= 0.3 is 5.97 Å². The molecule has 1 aromatic carbocycles. The van der Waals surface area contributed by atoms with Crippen LogP contribution in [-0.2, 0) is 6.42 Å². The summed E-state index contributed by atoms with van der Waals surface area (Å²) in [4.78, 5) is 11.4. The van der Waals surface area contributed by atoms with Crippen molar-refractivity contribution in [1.82, 2.24) is 0 Å². The number of aromatic hydroxyl groups is 2. The van der Waals surface area contributed by atoms with Gasteiger partial charge in [0.1, 0.15) is 11.3 Å². The predicted octanol–water partition coefficient (Wildman–Crippen LogP) is 6.05. The molecule has 0 heterocycles. The Balaban J connectivity index is 2.30. The molecule has 0 aromatic heterocycles. The summed E-state index contributed by atoms with van der Waals surface area (Å²) in [5.41, 5.74) is 0.237. The standard InChI is InChI=1S/C22H36O5/c1-3-5-6-7-8-9-10-11-12-13-14-15-27-21-17(4-2)16-18(23)20(24)19(21)22(25)26/h16,23-24H,3-15H2,1-2H3,(H,25,26). The maximum atomic E-state index is 11.4. The highest BCUT2D eigenvalue weighted by Gasteiger charge is 2.23. The molecule has 0 aliphatic carbocycles. The molecule has 1 aromatic rings. The van der Waals surface area contributed by atoms with Crippen molar-refractivity contribution >= 4 is 5.97 Å². The van der Waals surface area contributed by atoms with Crippen LogP contribution in [0.4, 0.5) is 0 Å². The molecule has 0 atom stereocenters. The molecular formula is C22H36O5. The Morgan fingerprint density at radius 1 is 0.889 bits per heavy atom. The first-order valence-electron chi connectivity index (χ1n) is 10.5. The lowest BCUT2D eigenvalue weighted by Crippen LogP contribution is -2.08. The molecule has 3 N–H and O–H groups in total. The maximum Gasteiger partial charge on any atom is 0.343 e. The lowest BCUT2D eigenvalue weighted by Gasteiger charge is -2.15. The first-order chi connectivity index (χ1) is 13.0. The van der Waals surface area contributed by atoms with Crippen LogP contribution in [0.2, 0.25) is 0 Å². The van der Waals surface area contributed by atoms with E-state index in [9.17, 15) is 20.1 Å². The minimum absolute atomic E-state index is 0.173. The van der Waals surface area contributed by atoms with Gasteiger partial charge in [-0.05, 0) is 24.5 Å². The number of hydrogen-bond acceptors (Lipinski definition) is 4. The van der Waals surface area contributed by atoms with Crippen LogP contribution < -0.4 is 4.74 Å². The highest BCUT2D eigenvalue weighted by atomic mass is 16.5. The van der Waals surface area contributed by atoms with Crippen LogP contribution in [0.3, 0.4) is 0 Å². The van der Waals surface area contributed by atoms with Crippen molar-refractivity contribution in [2.24, 2.45) is 0 Å². The summed E-state index contributed by atoms with van der Waals surface area (Å²) in [5.74, 6) is -2.18. The molecule has 0 saturated carbocycles. The van der Waals surface area contributed by atoms with Gasteiger partial charge in [-0.15, -0.1) is 0 Å². The minimum Gasteiger partial charge on any atom is -0.504 e. The van der Waals surface area contributed by atoms with Crippen LogP contribution >= 0.6 is 0 Å². The quantitative estimate of drug-likeness (QED) is 0.255. The molecule has 5 heteroatoms. The summed E-state index contributed by atoms with van der Waals surface area (Å²) in [6.07, 6.45) is 14.1. The summed E-state index contributed by atoms with van der Waals surface area (Å²) in [7, 11) is 0. The largest absolute Gasteiger partial charge is 0.504 e. The molecule has 0 saturated heterocycles. The van der Waals surface area contributed by atoms with Crippen LogP contribution in [0.1, 0.15) is 100 Å². The van der Waals surface area contributed by atoms with Crippen LogP contribution in [-0.4, -0.2) is 27.9 Å². The number of carbonyl (C=O) groups is 1. The second-order valence-corrected chi connectivity index (χ2v) is 7.15. The molecule has 0 aliphatic heterocycles. The van der Waals surface area contributed by atoms with E-state index in [0.29, 0.717) is 18.6 Å². The van der Waals surface area contributed by atoms with Crippen molar-refractivity contribution in [2.75, 3.05) is 6.61 Å². The van der Waals surface area contributed by atoms with Crippen LogP contribution in [0, 0.1) is 0 Å². The van der Waals surface area contributed by atoms with Gasteiger partial charge in [0.15, 0.2) is 11.5 Å². The number of aromatic carboxylic acids is 1. The summed E-state index contributed by atoms with van der Waals surface area (Å²) in [6.45, 7) is 4.50. The second kappa shape index (κ2) is 13.3. The van der Waals surface area contributed by atoms with Crippen LogP contribution in [0.15, 0.2) is 6.07 Å². The van der Waals surface area contributed by atoms with Gasteiger partial charge in [0.2, 0.25) is 0 Å². The number of carboxylic acid groups (broad SMARTS) is 1. The molecule has 0 spiro atoms. The molecule has 27 heavy (non-hydrogen) atoms. The van der Waals surface area contributed by atoms with Gasteiger partial charge in [0.25, 0.3) is 0 Å². The van der Waals surface area contributed by atoms with Gasteiger partial charge in [-0.25, -0.2) is 4.79 Å². The molecule has 1 rings (SSSR count). The first-order valence-corrected chi connectivity index (χ1v) is 10.5. The van der Waals surface area contributed by atoms with Gasteiger partial charge in [0.05, 0.1) is 6.61 Å². The van der Waals surface area contributed by atoms with Crippen LogP contribution in [0.5, 0.6) is 17.2 Å². The summed E-state index contributed by atoms with van der Waals surface area (Å²) in [6, 6.07) is 1.37. The molecule has 154 valence electrons. The molecule has 5 nitrogen and oxygen atoms in total. The van der Waals surface area contributed by atoms with E-state index in [4.69, 9.17) is 4.74 Å². The third-order valence-corrected chi connectivity index (χ3v) is 4.90. The average molecular weight is 381 g/mol. The monoisotopic (exact) mass is 380 g/mol. The SMILES string of the molecule is CCCCCCCCCCCCCOc1c(CC)cc(O)c(O)c1C(=O)O. The fourth-order valence-electron chi connectivity index (χ4n) is 3.26. The second-order valence-electron chi connectivity index (χ2n) is 7.15. The predicted molar refractivity (Wildman–Crippen MR) is 108 cm³/mol. The Morgan fingerprint density at radius 3 is 1.89 bits per heavy atom. The Bertz CT molecular complexity index is 568. The number of aryl methyl sites for hydroxylation is 1. The van der Waals surface area contributed by atoms with E-state index in [1.54, 1.807) is 0 Å². The number of carboxylic acids is 1. The molecule has 0 bridgehead atoms. The van der Waals surface area contributed by atoms with E-state index in [-0.39, 0.29) is 11.3 Å². The van der Waals surface area contributed by atoms with Gasteiger partial charge in [-0.3, -0.25) is 0 Å². The third-order valence-electron chi connectivity index (χ3n) is 4.90. The van der Waals surface area contributed by atoms with Crippen LogP contribution in [0.25, 0.3) is 0 Å². The number of benzene rings is 1. The first kappa shape index (κ1) is 23.1. The van der Waals surface area contributed by atoms with Gasteiger partial charge in [-0.1, -0.05) is 78.1 Å². The number of rotatable bonds is 15. The number of phenolic OH excluding ortho intramolecular Hbond substituents is 1. The lowest BCUT2D eigenvalue weighted by molar-refractivity contribution is 0.0687. The summed E-state index contributed by atoms with van der Waals surface area (Å²) < 4.78 is 5.69. The summed E-state index contributed by atoms with van der Waals surface area (Å²) in [5, 5.41) is 28.9. The van der Waals surface area contributed by atoms with Crippen molar-refractivity contribution in [3.63, 3.8) is 0 Å². The van der Waals surface area contributed by atoms with E-state index < -0.39 is 17.5 Å². The topological polar surface area (TPSA) is 87.0 Å². The number of ether oxygens (including phenoxy) is 1. The fraction of sp³-hybridized carbons (Fsp3) is 0.682. The third kappa shape index (κ3) is 8.10. The van der Waals surface area contributed by atoms with E-state index in [1.807, 2.05) is 6.92 Å². The van der Waals surface area contributed by atoms with E-state index in [0.717, 1.165) is 19.3 Å². The lowest BCUT2D eigenvalue weighted by atomic mass is 10.0. The highest BCUT2D eigenvalue weighted by molar-refractivity contribution is 5.95. The molecule has 0 unspecified atom stereocenters. The van der Waals surface area contributed by atoms with Crippen molar-refractivity contribution in [1.29, 1.82) is 0 Å². The zero-order valence-corrected chi connectivity index (χ0v) is 16.9. The zero-order chi connectivity index (χ0) is 20.1. The molecular weight excluding hydrogens is 344 g/mol. The Kier molecular flexibility index (Phi) is 11.4. The maximum absolute atomic E-state index is 11.4. The van der Waals surface area contributed by atoms with Crippen molar-refractivity contribution < 1.29 is 24.9 Å². The smallest absolute Gasteiger partial charge is 0.343 e. The highest BCUT2D eigenvalue weighted by Crippen LogP contribution is 2.39. The molecule has 0 fully saturated rings.